The molecule has 0 fully saturated rings. The van der Waals surface area contributed by atoms with E-state index in [4.69, 9.17) is 20.8 Å². The fourth-order valence-electron chi connectivity index (χ4n) is 3.30. The maximum Gasteiger partial charge on any atom is 0.414 e. The molecule has 0 bridgehead atoms. The number of fused-ring (bicyclic) bond motifs is 1. The second-order valence-corrected chi connectivity index (χ2v) is 10.3. The predicted molar refractivity (Wildman–Crippen MR) is 133 cm³/mol. The van der Waals surface area contributed by atoms with E-state index in [9.17, 15) is 18.0 Å². The summed E-state index contributed by atoms with van der Waals surface area (Å²) in [5, 5.41) is 0.579. The molecule has 0 aliphatic heterocycles. The molecule has 2 heterocycles. The van der Waals surface area contributed by atoms with Gasteiger partial charge in [-0.2, -0.15) is 8.42 Å². The fourth-order valence-corrected chi connectivity index (χ4v) is 4.00. The lowest BCUT2D eigenvalue weighted by molar-refractivity contribution is 0.172. The van der Waals surface area contributed by atoms with Crippen LogP contribution in [0, 0.1) is 5.82 Å². The molecule has 0 aliphatic carbocycles. The minimum atomic E-state index is -4.01. The maximum atomic E-state index is 15.1. The van der Waals surface area contributed by atoms with Gasteiger partial charge in [-0.1, -0.05) is 11.6 Å². The normalized spacial score (nSPS) is 11.7. The molecule has 0 unspecified atom stereocenters. The number of aromatic nitrogens is 1. The Morgan fingerprint density at radius 3 is 2.53 bits per heavy atom. The molecule has 3 aromatic rings. The number of nitrogens with zero attached hydrogens (tertiary/aromatic N) is 3. The molecule has 0 radical (unpaired) electrons. The molecule has 194 valence electrons. The van der Waals surface area contributed by atoms with Crippen molar-refractivity contribution in [2.45, 2.75) is 13.0 Å². The van der Waals surface area contributed by atoms with Crippen LogP contribution in [-0.2, 0) is 23.2 Å². The standard InChI is InChI=1S/C22H25ClFN5O6S/c1-25-36(32,33)27-20-19(24)12(6-7-26-20)8-14-15(11-28(2)3)13-9-16(23)18(35-22(31)29(4)5)10-17(13)34-21(14)30/h6-7,9-10,25H,8,11H2,1-5H3,(H,26,27). The number of nitrogens with one attached hydrogen (secondary N) is 2. The van der Waals surface area contributed by atoms with Crippen molar-refractivity contribution in [2.24, 2.45) is 0 Å². The molecule has 1 amide bonds. The lowest BCUT2D eigenvalue weighted by Crippen LogP contribution is -2.27. The van der Waals surface area contributed by atoms with E-state index < -0.39 is 33.6 Å². The van der Waals surface area contributed by atoms with Crippen molar-refractivity contribution in [1.82, 2.24) is 19.5 Å². The van der Waals surface area contributed by atoms with Crippen LogP contribution >= 0.6 is 11.6 Å². The molecule has 0 aliphatic rings. The summed E-state index contributed by atoms with van der Waals surface area (Å²) < 4.78 is 53.4. The lowest BCUT2D eigenvalue weighted by atomic mass is 9.98. The molecule has 0 saturated heterocycles. The SMILES string of the molecule is CNS(=O)(=O)Nc1nccc(Cc2c(CN(C)C)c3cc(Cl)c(OC(=O)N(C)C)cc3oc2=O)c1F. The highest BCUT2D eigenvalue weighted by Crippen LogP contribution is 2.33. The molecule has 36 heavy (non-hydrogen) atoms. The minimum absolute atomic E-state index is 0.0104. The summed E-state index contributed by atoms with van der Waals surface area (Å²) in [6.07, 6.45) is 0.350. The summed E-state index contributed by atoms with van der Waals surface area (Å²) in [5.74, 6) is -1.44. The summed E-state index contributed by atoms with van der Waals surface area (Å²) in [7, 11) is 3.74. The van der Waals surface area contributed by atoms with Gasteiger partial charge in [0.1, 0.15) is 5.58 Å². The van der Waals surface area contributed by atoms with Gasteiger partial charge in [-0.15, -0.1) is 0 Å². The van der Waals surface area contributed by atoms with Gasteiger partial charge >= 0.3 is 11.7 Å². The van der Waals surface area contributed by atoms with Gasteiger partial charge in [-0.25, -0.2) is 23.7 Å². The molecule has 1 aromatic carbocycles. The molecule has 14 heteroatoms. The highest BCUT2D eigenvalue weighted by Gasteiger charge is 2.22. The first-order valence-electron chi connectivity index (χ1n) is 10.5. The van der Waals surface area contributed by atoms with E-state index in [1.807, 2.05) is 9.44 Å². The Labute approximate surface area is 212 Å². The van der Waals surface area contributed by atoms with Crippen molar-refractivity contribution in [2.75, 3.05) is 40.0 Å². The number of hydrogen-bond acceptors (Lipinski definition) is 8. The summed E-state index contributed by atoms with van der Waals surface area (Å²) in [6, 6.07) is 4.20. The topological polar surface area (TPSA) is 134 Å². The number of amides is 1. The summed E-state index contributed by atoms with van der Waals surface area (Å²) >= 11 is 6.37. The van der Waals surface area contributed by atoms with E-state index in [2.05, 4.69) is 4.98 Å². The monoisotopic (exact) mass is 541 g/mol. The Bertz CT molecular complexity index is 1480. The van der Waals surface area contributed by atoms with Gasteiger partial charge in [-0.3, -0.25) is 4.72 Å². The fraction of sp³-hybridized carbons (Fsp3) is 0.318. The van der Waals surface area contributed by atoms with Gasteiger partial charge in [0.2, 0.25) is 0 Å². The molecule has 11 nitrogen and oxygen atoms in total. The van der Waals surface area contributed by atoms with Crippen LogP contribution in [0.4, 0.5) is 15.0 Å². The molecule has 0 atom stereocenters. The van der Waals surface area contributed by atoms with E-state index in [0.29, 0.717) is 10.9 Å². The third-order valence-electron chi connectivity index (χ3n) is 5.05. The van der Waals surface area contributed by atoms with Crippen molar-refractivity contribution in [1.29, 1.82) is 0 Å². The number of benzene rings is 1. The van der Waals surface area contributed by atoms with Gasteiger partial charge in [0, 0.05) is 57.3 Å². The van der Waals surface area contributed by atoms with E-state index in [0.717, 1.165) is 7.05 Å². The second-order valence-electron chi connectivity index (χ2n) is 8.24. The number of pyridine rings is 1. The van der Waals surface area contributed by atoms with Crippen molar-refractivity contribution in [3.8, 4) is 5.75 Å². The molecule has 2 N–H and O–H groups in total. The second kappa shape index (κ2) is 10.8. The predicted octanol–water partition coefficient (Wildman–Crippen LogP) is 2.57. The van der Waals surface area contributed by atoms with Crippen LogP contribution in [0.1, 0.15) is 16.7 Å². The number of carbonyl (C=O) groups excluding carboxylic acids is 1. The maximum absolute atomic E-state index is 15.1. The number of rotatable bonds is 8. The average molecular weight is 542 g/mol. The van der Waals surface area contributed by atoms with Crippen LogP contribution in [-0.4, -0.2) is 64.5 Å². The Hall–Kier alpha value is -3.26. The summed E-state index contributed by atoms with van der Waals surface area (Å²) in [5.41, 5.74) is 0.0856. The quantitative estimate of drug-likeness (QED) is 0.416. The van der Waals surface area contributed by atoms with Crippen LogP contribution < -0.4 is 19.8 Å². The zero-order valence-corrected chi connectivity index (χ0v) is 21.8. The summed E-state index contributed by atoms with van der Waals surface area (Å²) in [4.78, 5) is 31.8. The molecule has 2 aromatic heterocycles. The van der Waals surface area contributed by atoms with Crippen molar-refractivity contribution < 1.29 is 26.8 Å². The van der Waals surface area contributed by atoms with E-state index in [1.54, 1.807) is 19.0 Å². The molecular weight excluding hydrogens is 517 g/mol. The lowest BCUT2D eigenvalue weighted by Gasteiger charge is -2.18. The van der Waals surface area contributed by atoms with Crippen LogP contribution in [0.5, 0.6) is 5.75 Å². The van der Waals surface area contributed by atoms with Gasteiger partial charge in [-0.05, 0) is 37.4 Å². The van der Waals surface area contributed by atoms with Crippen LogP contribution in [0.25, 0.3) is 11.0 Å². The zero-order valence-electron chi connectivity index (χ0n) is 20.2. The molecule has 3 rings (SSSR count). The highest BCUT2D eigenvalue weighted by atomic mass is 35.5. The van der Waals surface area contributed by atoms with Crippen LogP contribution in [0.15, 0.2) is 33.6 Å². The van der Waals surface area contributed by atoms with Gasteiger partial charge in [0.05, 0.1) is 5.02 Å². The zero-order chi connectivity index (χ0) is 26.8. The van der Waals surface area contributed by atoms with E-state index in [-0.39, 0.29) is 40.4 Å². The Morgan fingerprint density at radius 2 is 1.92 bits per heavy atom. The molecule has 0 saturated carbocycles. The number of anilines is 1. The van der Waals surface area contributed by atoms with Crippen LogP contribution in [0.3, 0.4) is 0 Å². The van der Waals surface area contributed by atoms with Crippen molar-refractivity contribution in [3.05, 3.63) is 62.3 Å². The Kier molecular flexibility index (Phi) is 8.19. The summed E-state index contributed by atoms with van der Waals surface area (Å²) in [6.45, 7) is 0.274. The number of hydrogen-bond donors (Lipinski definition) is 2. The first-order chi connectivity index (χ1) is 16.8. The Morgan fingerprint density at radius 1 is 1.22 bits per heavy atom. The van der Waals surface area contributed by atoms with E-state index in [1.165, 1.54) is 43.4 Å². The minimum Gasteiger partial charge on any atom is -0.422 e. The third-order valence-corrected chi connectivity index (χ3v) is 6.34. The van der Waals surface area contributed by atoms with Gasteiger partial charge in [0.25, 0.3) is 10.2 Å². The van der Waals surface area contributed by atoms with Crippen molar-refractivity contribution >= 4 is 44.7 Å². The first-order valence-corrected chi connectivity index (χ1v) is 12.4. The number of ether oxygens (including phenoxy) is 1. The van der Waals surface area contributed by atoms with Gasteiger partial charge in [0.15, 0.2) is 17.4 Å². The molecule has 0 spiro atoms. The smallest absolute Gasteiger partial charge is 0.414 e. The largest absolute Gasteiger partial charge is 0.422 e. The van der Waals surface area contributed by atoms with Crippen LogP contribution in [0.2, 0.25) is 5.02 Å². The Balaban J connectivity index is 2.14. The average Bonchev–Trinajstić information content (AvgIpc) is 2.79. The number of carbonyl (C=O) groups is 1. The number of halogens is 2. The molecular formula is C22H25ClFN5O6S. The third kappa shape index (κ3) is 6.10. The van der Waals surface area contributed by atoms with Crippen molar-refractivity contribution in [3.63, 3.8) is 0 Å². The van der Waals surface area contributed by atoms with Gasteiger partial charge < -0.3 is 19.0 Å². The highest BCUT2D eigenvalue weighted by molar-refractivity contribution is 7.90. The first kappa shape index (κ1) is 27.3. The van der Waals surface area contributed by atoms with E-state index >= 15 is 4.39 Å².